The van der Waals surface area contributed by atoms with Gasteiger partial charge in [0.2, 0.25) is 5.95 Å². The summed E-state index contributed by atoms with van der Waals surface area (Å²) in [6, 6.07) is 2.09. The summed E-state index contributed by atoms with van der Waals surface area (Å²) in [5.74, 6) is 1.21. The van der Waals surface area contributed by atoms with Crippen LogP contribution in [0.15, 0.2) is 10.7 Å². The first-order chi connectivity index (χ1) is 8.04. The minimum Gasteiger partial charge on any atom is -0.383 e. The summed E-state index contributed by atoms with van der Waals surface area (Å²) in [7, 11) is 0. The molecule has 1 aromatic rings. The van der Waals surface area contributed by atoms with E-state index in [1.54, 1.807) is 6.07 Å². The molecular weight excluding hydrogens is 280 g/mol. The molecule has 4 nitrogen and oxygen atoms in total. The van der Waals surface area contributed by atoms with Crippen molar-refractivity contribution in [3.05, 3.63) is 10.7 Å². The molecule has 0 saturated heterocycles. The van der Waals surface area contributed by atoms with Gasteiger partial charge in [-0.2, -0.15) is 4.98 Å². The van der Waals surface area contributed by atoms with Crippen LogP contribution in [0.25, 0.3) is 0 Å². The highest BCUT2D eigenvalue weighted by Gasteiger charge is 2.14. The molecule has 0 aliphatic rings. The Morgan fingerprint density at radius 3 is 2.59 bits per heavy atom. The zero-order chi connectivity index (χ0) is 12.8. The molecule has 17 heavy (non-hydrogen) atoms. The van der Waals surface area contributed by atoms with Gasteiger partial charge in [-0.25, -0.2) is 4.98 Å². The van der Waals surface area contributed by atoms with Crippen molar-refractivity contribution in [2.45, 2.75) is 46.1 Å². The normalized spacial score (nSPS) is 10.9. The Morgan fingerprint density at radius 2 is 2.06 bits per heavy atom. The van der Waals surface area contributed by atoms with Gasteiger partial charge in [0.1, 0.15) is 10.4 Å². The minimum atomic E-state index is 0.376. The van der Waals surface area contributed by atoms with Crippen LogP contribution in [0.3, 0.4) is 0 Å². The van der Waals surface area contributed by atoms with E-state index in [0.717, 1.165) is 17.6 Å². The second kappa shape index (κ2) is 6.79. The second-order valence-corrected chi connectivity index (χ2v) is 5.22. The van der Waals surface area contributed by atoms with E-state index in [4.69, 9.17) is 5.73 Å². The fourth-order valence-electron chi connectivity index (χ4n) is 1.67. The lowest BCUT2D eigenvalue weighted by atomic mass is 10.2. The molecule has 0 bridgehead atoms. The van der Waals surface area contributed by atoms with Crippen molar-refractivity contribution in [3.63, 3.8) is 0 Å². The SMILES string of the molecule is CCCCCN(c1nc(N)cc(Br)n1)C(C)C. The molecule has 0 atom stereocenters. The van der Waals surface area contributed by atoms with Crippen LogP contribution in [0.1, 0.15) is 40.0 Å². The maximum atomic E-state index is 5.74. The molecule has 1 heterocycles. The summed E-state index contributed by atoms with van der Waals surface area (Å²) in [5.41, 5.74) is 5.74. The highest BCUT2D eigenvalue weighted by Crippen LogP contribution is 2.18. The van der Waals surface area contributed by atoms with Crippen molar-refractivity contribution in [1.82, 2.24) is 9.97 Å². The van der Waals surface area contributed by atoms with Gasteiger partial charge in [0, 0.05) is 18.7 Å². The average molecular weight is 301 g/mol. The maximum Gasteiger partial charge on any atom is 0.228 e. The number of nitrogen functional groups attached to an aromatic ring is 1. The predicted molar refractivity (Wildman–Crippen MR) is 76.2 cm³/mol. The highest BCUT2D eigenvalue weighted by atomic mass is 79.9. The molecule has 96 valence electrons. The Bertz CT molecular complexity index is 334. The summed E-state index contributed by atoms with van der Waals surface area (Å²) in [5, 5.41) is 0. The van der Waals surface area contributed by atoms with Gasteiger partial charge in [-0.15, -0.1) is 0 Å². The van der Waals surface area contributed by atoms with Crippen LogP contribution in [0.4, 0.5) is 11.8 Å². The largest absolute Gasteiger partial charge is 0.383 e. The smallest absolute Gasteiger partial charge is 0.228 e. The number of halogens is 1. The molecule has 0 saturated carbocycles. The van der Waals surface area contributed by atoms with E-state index in [0.29, 0.717) is 17.8 Å². The number of unbranched alkanes of at least 4 members (excludes halogenated alkanes) is 2. The van der Waals surface area contributed by atoms with E-state index in [9.17, 15) is 0 Å². The van der Waals surface area contributed by atoms with Crippen LogP contribution in [-0.2, 0) is 0 Å². The number of aromatic nitrogens is 2. The minimum absolute atomic E-state index is 0.376. The van der Waals surface area contributed by atoms with Gasteiger partial charge in [0.05, 0.1) is 0 Å². The second-order valence-electron chi connectivity index (χ2n) is 4.41. The fourth-order valence-corrected chi connectivity index (χ4v) is 2.07. The van der Waals surface area contributed by atoms with Gasteiger partial charge in [-0.3, -0.25) is 0 Å². The lowest BCUT2D eigenvalue weighted by Gasteiger charge is -2.26. The van der Waals surface area contributed by atoms with Crippen molar-refractivity contribution in [2.75, 3.05) is 17.2 Å². The van der Waals surface area contributed by atoms with E-state index in [1.165, 1.54) is 12.8 Å². The fraction of sp³-hybridized carbons (Fsp3) is 0.667. The highest BCUT2D eigenvalue weighted by molar-refractivity contribution is 9.10. The van der Waals surface area contributed by atoms with Crippen LogP contribution < -0.4 is 10.6 Å². The Hall–Kier alpha value is -0.840. The molecule has 5 heteroatoms. The number of nitrogens with two attached hydrogens (primary N) is 1. The maximum absolute atomic E-state index is 5.74. The molecule has 0 fully saturated rings. The molecule has 0 spiro atoms. The van der Waals surface area contributed by atoms with Gasteiger partial charge in [-0.1, -0.05) is 19.8 Å². The lowest BCUT2D eigenvalue weighted by molar-refractivity contribution is 0.612. The lowest BCUT2D eigenvalue weighted by Crippen LogP contribution is -2.33. The number of nitrogens with zero attached hydrogens (tertiary/aromatic N) is 3. The Labute approximate surface area is 112 Å². The monoisotopic (exact) mass is 300 g/mol. The van der Waals surface area contributed by atoms with Crippen LogP contribution in [-0.4, -0.2) is 22.6 Å². The topological polar surface area (TPSA) is 55.0 Å². The first kappa shape index (κ1) is 14.2. The van der Waals surface area contributed by atoms with Gasteiger partial charge in [0.15, 0.2) is 0 Å². The summed E-state index contributed by atoms with van der Waals surface area (Å²) in [6.07, 6.45) is 3.60. The first-order valence-corrected chi connectivity index (χ1v) is 6.90. The number of anilines is 2. The standard InChI is InChI=1S/C12H21BrN4/c1-4-5-6-7-17(9(2)3)12-15-10(13)8-11(14)16-12/h8-9H,4-7H2,1-3H3,(H2,14,15,16). The Kier molecular flexibility index (Phi) is 5.68. The van der Waals surface area contributed by atoms with Crippen LogP contribution >= 0.6 is 15.9 Å². The zero-order valence-electron chi connectivity index (χ0n) is 10.8. The summed E-state index contributed by atoms with van der Waals surface area (Å²) < 4.78 is 0.737. The van der Waals surface area contributed by atoms with Gasteiger partial charge < -0.3 is 10.6 Å². The zero-order valence-corrected chi connectivity index (χ0v) is 12.4. The first-order valence-electron chi connectivity index (χ1n) is 6.11. The van der Waals surface area contributed by atoms with E-state index >= 15 is 0 Å². The number of hydrogen-bond acceptors (Lipinski definition) is 4. The molecule has 0 aromatic carbocycles. The Morgan fingerprint density at radius 1 is 1.35 bits per heavy atom. The van der Waals surface area contributed by atoms with E-state index in [-0.39, 0.29) is 0 Å². The van der Waals surface area contributed by atoms with Crippen molar-refractivity contribution < 1.29 is 0 Å². The number of rotatable bonds is 6. The molecule has 1 rings (SSSR count). The number of hydrogen-bond donors (Lipinski definition) is 1. The van der Waals surface area contributed by atoms with Gasteiger partial charge in [-0.05, 0) is 36.2 Å². The summed E-state index contributed by atoms with van der Waals surface area (Å²) >= 11 is 3.35. The van der Waals surface area contributed by atoms with Crippen molar-refractivity contribution in [2.24, 2.45) is 0 Å². The third-order valence-electron chi connectivity index (χ3n) is 2.59. The van der Waals surface area contributed by atoms with Crippen LogP contribution in [0, 0.1) is 0 Å². The van der Waals surface area contributed by atoms with Gasteiger partial charge in [0.25, 0.3) is 0 Å². The average Bonchev–Trinajstić information content (AvgIpc) is 2.22. The summed E-state index contributed by atoms with van der Waals surface area (Å²) in [6.45, 7) is 7.47. The molecule has 1 aromatic heterocycles. The summed E-state index contributed by atoms with van der Waals surface area (Å²) in [4.78, 5) is 10.9. The van der Waals surface area contributed by atoms with E-state index in [1.807, 2.05) is 0 Å². The third kappa shape index (κ3) is 4.50. The van der Waals surface area contributed by atoms with E-state index in [2.05, 4.69) is 51.6 Å². The van der Waals surface area contributed by atoms with Gasteiger partial charge >= 0.3 is 0 Å². The molecule has 0 amide bonds. The predicted octanol–water partition coefficient (Wildman–Crippen LogP) is 3.23. The van der Waals surface area contributed by atoms with Crippen LogP contribution in [0.2, 0.25) is 0 Å². The molecule has 2 N–H and O–H groups in total. The molecule has 0 aliphatic carbocycles. The molecular formula is C12H21BrN4. The molecule has 0 aliphatic heterocycles. The van der Waals surface area contributed by atoms with Crippen molar-refractivity contribution >= 4 is 27.7 Å². The quantitative estimate of drug-likeness (QED) is 0.647. The Balaban J connectivity index is 2.81. The van der Waals surface area contributed by atoms with Crippen molar-refractivity contribution in [1.29, 1.82) is 0 Å². The molecule has 0 unspecified atom stereocenters. The van der Waals surface area contributed by atoms with Crippen molar-refractivity contribution in [3.8, 4) is 0 Å². The molecule has 0 radical (unpaired) electrons. The third-order valence-corrected chi connectivity index (χ3v) is 2.99. The van der Waals surface area contributed by atoms with Crippen LogP contribution in [0.5, 0.6) is 0 Å². The van der Waals surface area contributed by atoms with E-state index < -0.39 is 0 Å².